The molecule has 1 aliphatic rings. The van der Waals surface area contributed by atoms with Crippen molar-refractivity contribution in [2.45, 2.75) is 59.0 Å². The Bertz CT molecular complexity index is 766. The van der Waals surface area contributed by atoms with Gasteiger partial charge in [0.25, 0.3) is 0 Å². The van der Waals surface area contributed by atoms with E-state index in [4.69, 9.17) is 14.5 Å². The molecule has 0 aromatic carbocycles. The number of hydrogen-bond acceptors (Lipinski definition) is 6. The lowest BCUT2D eigenvalue weighted by atomic mass is 10.0. The Morgan fingerprint density at radius 2 is 2.12 bits per heavy atom. The van der Waals surface area contributed by atoms with Crippen molar-refractivity contribution in [2.75, 3.05) is 25.1 Å². The summed E-state index contributed by atoms with van der Waals surface area (Å²) in [5, 5.41) is 8.92. The topological polar surface area (TPSA) is 78.3 Å². The number of carbonyl (C=O) groups is 1. The van der Waals surface area contributed by atoms with Crippen LogP contribution in [0, 0.1) is 0 Å². The molecule has 7 heteroatoms. The molecule has 1 saturated heterocycles. The lowest BCUT2D eigenvalue weighted by molar-refractivity contribution is 0.0525. The van der Waals surface area contributed by atoms with Crippen LogP contribution in [-0.4, -0.2) is 46.6 Å². The van der Waals surface area contributed by atoms with Gasteiger partial charge in [-0.1, -0.05) is 13.3 Å². The summed E-state index contributed by atoms with van der Waals surface area (Å²) in [4.78, 5) is 17.6. The first-order valence-electron chi connectivity index (χ1n) is 9.59. The predicted molar refractivity (Wildman–Crippen MR) is 101 cm³/mol. The van der Waals surface area contributed by atoms with E-state index in [1.165, 1.54) is 0 Å². The van der Waals surface area contributed by atoms with E-state index in [2.05, 4.69) is 17.3 Å². The van der Waals surface area contributed by atoms with E-state index in [0.29, 0.717) is 12.2 Å². The van der Waals surface area contributed by atoms with Gasteiger partial charge >= 0.3 is 5.97 Å². The SMILES string of the molecule is CCCc1nc2c(cnn2CC)c(NC2CCOCC2)c1C(=O)OCC. The van der Waals surface area contributed by atoms with Crippen LogP contribution in [-0.2, 0) is 22.4 Å². The summed E-state index contributed by atoms with van der Waals surface area (Å²) in [6.07, 6.45) is 5.25. The molecule has 3 heterocycles. The standard InChI is InChI=1S/C19H28N4O3/c1-4-7-15-16(19(24)26-6-3)17(21-13-8-10-25-11-9-13)14-12-20-23(5-2)18(14)22-15/h12-13H,4-11H2,1-3H3,(H,21,22). The zero-order valence-electron chi connectivity index (χ0n) is 15.9. The van der Waals surface area contributed by atoms with E-state index < -0.39 is 0 Å². The highest BCUT2D eigenvalue weighted by molar-refractivity contribution is 6.05. The molecule has 0 spiro atoms. The minimum Gasteiger partial charge on any atom is -0.462 e. The number of esters is 1. The third kappa shape index (κ3) is 3.67. The van der Waals surface area contributed by atoms with Crippen molar-refractivity contribution in [3.63, 3.8) is 0 Å². The lowest BCUT2D eigenvalue weighted by Gasteiger charge is -2.26. The molecule has 1 aliphatic heterocycles. The molecule has 26 heavy (non-hydrogen) atoms. The first kappa shape index (κ1) is 18.6. The Morgan fingerprint density at radius 3 is 2.77 bits per heavy atom. The molecule has 0 radical (unpaired) electrons. The molecule has 0 bridgehead atoms. The fraction of sp³-hybridized carbons (Fsp3) is 0.632. The second-order valence-corrected chi connectivity index (χ2v) is 6.51. The third-order valence-electron chi connectivity index (χ3n) is 4.70. The molecule has 0 unspecified atom stereocenters. The number of hydrogen-bond donors (Lipinski definition) is 1. The molecule has 0 saturated carbocycles. The second kappa shape index (κ2) is 8.49. The minimum absolute atomic E-state index is 0.266. The summed E-state index contributed by atoms with van der Waals surface area (Å²) in [5.74, 6) is -0.316. The Morgan fingerprint density at radius 1 is 1.35 bits per heavy atom. The summed E-state index contributed by atoms with van der Waals surface area (Å²) in [6, 6.07) is 0.266. The molecule has 1 fully saturated rings. The molecular weight excluding hydrogens is 332 g/mol. The smallest absolute Gasteiger partial charge is 0.342 e. The molecule has 0 aliphatic carbocycles. The van der Waals surface area contributed by atoms with Crippen LogP contribution in [0.15, 0.2) is 6.20 Å². The van der Waals surface area contributed by atoms with E-state index in [-0.39, 0.29) is 12.0 Å². The summed E-state index contributed by atoms with van der Waals surface area (Å²) in [5.41, 5.74) is 2.97. The van der Waals surface area contributed by atoms with Crippen LogP contribution in [0.5, 0.6) is 0 Å². The Labute approximate surface area is 154 Å². The maximum atomic E-state index is 12.8. The summed E-state index contributed by atoms with van der Waals surface area (Å²) < 4.78 is 12.7. The highest BCUT2D eigenvalue weighted by Crippen LogP contribution is 2.32. The van der Waals surface area contributed by atoms with Gasteiger partial charge in [-0.25, -0.2) is 14.5 Å². The van der Waals surface area contributed by atoms with E-state index in [9.17, 15) is 4.79 Å². The maximum Gasteiger partial charge on any atom is 0.342 e. The first-order valence-corrected chi connectivity index (χ1v) is 9.59. The molecule has 0 amide bonds. The van der Waals surface area contributed by atoms with Gasteiger partial charge in [-0.05, 0) is 33.1 Å². The number of nitrogens with zero attached hydrogens (tertiary/aromatic N) is 3. The fourth-order valence-electron chi connectivity index (χ4n) is 3.40. The summed E-state index contributed by atoms with van der Waals surface area (Å²) in [7, 11) is 0. The van der Waals surface area contributed by atoms with Gasteiger partial charge in [0.15, 0.2) is 5.65 Å². The summed E-state index contributed by atoms with van der Waals surface area (Å²) in [6.45, 7) is 8.49. The van der Waals surface area contributed by atoms with Crippen LogP contribution in [0.4, 0.5) is 5.69 Å². The van der Waals surface area contributed by atoms with Gasteiger partial charge in [0.05, 0.1) is 29.6 Å². The molecule has 142 valence electrons. The van der Waals surface area contributed by atoms with Crippen LogP contribution in [0.25, 0.3) is 11.0 Å². The monoisotopic (exact) mass is 360 g/mol. The zero-order valence-corrected chi connectivity index (χ0v) is 15.9. The van der Waals surface area contributed by atoms with Crippen LogP contribution in [0.1, 0.15) is 56.1 Å². The molecular formula is C19H28N4O3. The molecule has 7 nitrogen and oxygen atoms in total. The molecule has 1 N–H and O–H groups in total. The van der Waals surface area contributed by atoms with Crippen molar-refractivity contribution in [3.05, 3.63) is 17.5 Å². The summed E-state index contributed by atoms with van der Waals surface area (Å²) >= 11 is 0. The lowest BCUT2D eigenvalue weighted by Crippen LogP contribution is -2.29. The van der Waals surface area contributed by atoms with Gasteiger partial charge in [-0.15, -0.1) is 0 Å². The van der Waals surface area contributed by atoms with Gasteiger partial charge in [0, 0.05) is 25.8 Å². The van der Waals surface area contributed by atoms with Gasteiger partial charge in [-0.3, -0.25) is 0 Å². The first-order chi connectivity index (χ1) is 12.7. The average Bonchev–Trinajstić information content (AvgIpc) is 3.06. The fourth-order valence-corrected chi connectivity index (χ4v) is 3.40. The van der Waals surface area contributed by atoms with Crippen molar-refractivity contribution in [2.24, 2.45) is 0 Å². The van der Waals surface area contributed by atoms with Crippen LogP contribution >= 0.6 is 0 Å². The quantitative estimate of drug-likeness (QED) is 0.764. The van der Waals surface area contributed by atoms with Crippen molar-refractivity contribution in [1.82, 2.24) is 14.8 Å². The van der Waals surface area contributed by atoms with Gasteiger partial charge in [-0.2, -0.15) is 5.10 Å². The number of fused-ring (bicyclic) bond motifs is 1. The normalized spacial score (nSPS) is 15.3. The predicted octanol–water partition coefficient (Wildman–Crippen LogP) is 3.17. The Kier molecular flexibility index (Phi) is 6.08. The van der Waals surface area contributed by atoms with Crippen LogP contribution in [0.3, 0.4) is 0 Å². The van der Waals surface area contributed by atoms with Crippen molar-refractivity contribution in [3.8, 4) is 0 Å². The van der Waals surface area contributed by atoms with E-state index in [1.807, 2.05) is 18.5 Å². The molecule has 0 atom stereocenters. The number of aromatic nitrogens is 3. The number of pyridine rings is 1. The number of ether oxygens (including phenoxy) is 2. The Balaban J connectivity index is 2.15. The molecule has 2 aromatic rings. The maximum absolute atomic E-state index is 12.8. The number of nitrogens with one attached hydrogen (secondary N) is 1. The second-order valence-electron chi connectivity index (χ2n) is 6.51. The third-order valence-corrected chi connectivity index (χ3v) is 4.70. The van der Waals surface area contributed by atoms with Crippen LogP contribution < -0.4 is 5.32 Å². The van der Waals surface area contributed by atoms with Gasteiger partial charge in [0.2, 0.25) is 0 Å². The molecule has 2 aromatic heterocycles. The van der Waals surface area contributed by atoms with Gasteiger partial charge < -0.3 is 14.8 Å². The Hall–Kier alpha value is -2.15. The number of anilines is 1. The number of aryl methyl sites for hydroxylation is 2. The minimum atomic E-state index is -0.316. The highest BCUT2D eigenvalue weighted by Gasteiger charge is 2.26. The highest BCUT2D eigenvalue weighted by atomic mass is 16.5. The van der Waals surface area contributed by atoms with Crippen molar-refractivity contribution in [1.29, 1.82) is 0 Å². The van der Waals surface area contributed by atoms with E-state index in [0.717, 1.165) is 67.9 Å². The van der Waals surface area contributed by atoms with E-state index >= 15 is 0 Å². The van der Waals surface area contributed by atoms with Crippen molar-refractivity contribution >= 4 is 22.7 Å². The van der Waals surface area contributed by atoms with E-state index in [1.54, 1.807) is 6.20 Å². The molecule has 3 rings (SSSR count). The van der Waals surface area contributed by atoms with Gasteiger partial charge in [0.1, 0.15) is 5.56 Å². The van der Waals surface area contributed by atoms with Crippen molar-refractivity contribution < 1.29 is 14.3 Å². The number of rotatable bonds is 7. The zero-order chi connectivity index (χ0) is 18.5. The largest absolute Gasteiger partial charge is 0.462 e. The van der Waals surface area contributed by atoms with Crippen LogP contribution in [0.2, 0.25) is 0 Å². The average molecular weight is 360 g/mol. The number of carbonyl (C=O) groups excluding carboxylic acids is 1.